The summed E-state index contributed by atoms with van der Waals surface area (Å²) in [6, 6.07) is 8.99. The molecule has 1 aromatic heterocycles. The van der Waals surface area contributed by atoms with Crippen molar-refractivity contribution in [1.29, 1.82) is 0 Å². The van der Waals surface area contributed by atoms with Crippen LogP contribution >= 0.6 is 0 Å². The molecule has 172 valence electrons. The van der Waals surface area contributed by atoms with Gasteiger partial charge in [0.05, 0.1) is 19.8 Å². The molecular weight excluding hydrogens is 404 g/mol. The van der Waals surface area contributed by atoms with Crippen LogP contribution in [0.1, 0.15) is 49.6 Å². The van der Waals surface area contributed by atoms with Crippen molar-refractivity contribution in [3.63, 3.8) is 0 Å². The molecule has 0 N–H and O–H groups in total. The minimum absolute atomic E-state index is 0.0831. The van der Waals surface area contributed by atoms with Crippen molar-refractivity contribution in [3.8, 4) is 0 Å². The molecule has 0 bridgehead atoms. The second-order valence-electron chi connectivity index (χ2n) is 9.61. The number of fused-ring (bicyclic) bond motifs is 2. The first-order valence-corrected chi connectivity index (χ1v) is 11.9. The van der Waals surface area contributed by atoms with Crippen LogP contribution in [0.3, 0.4) is 0 Å². The summed E-state index contributed by atoms with van der Waals surface area (Å²) in [5.41, 5.74) is 2.24. The second kappa shape index (κ2) is 8.96. The molecule has 4 heterocycles. The molecular formula is C25H34N4O3. The Morgan fingerprint density at radius 2 is 1.84 bits per heavy atom. The van der Waals surface area contributed by atoms with Gasteiger partial charge < -0.3 is 18.9 Å². The summed E-state index contributed by atoms with van der Waals surface area (Å²) in [7, 11) is 0. The van der Waals surface area contributed by atoms with E-state index < -0.39 is 11.7 Å². The average Bonchev–Trinajstić information content (AvgIpc) is 3.31. The van der Waals surface area contributed by atoms with Gasteiger partial charge in [-0.3, -0.25) is 9.69 Å². The number of piperidine rings is 1. The Bertz CT molecular complexity index is 925. The van der Waals surface area contributed by atoms with Gasteiger partial charge in [-0.2, -0.15) is 0 Å². The zero-order chi connectivity index (χ0) is 22.1. The Morgan fingerprint density at radius 1 is 1.12 bits per heavy atom. The minimum atomic E-state index is -0.480. The highest BCUT2D eigenvalue weighted by Gasteiger charge is 2.47. The molecule has 1 amide bonds. The van der Waals surface area contributed by atoms with Crippen LogP contribution < -0.4 is 0 Å². The van der Waals surface area contributed by atoms with Crippen LogP contribution in [0, 0.1) is 0 Å². The van der Waals surface area contributed by atoms with Gasteiger partial charge in [-0.1, -0.05) is 38.1 Å². The van der Waals surface area contributed by atoms with E-state index in [0.29, 0.717) is 38.8 Å². The standard InChI is InChI=1S/C25H34N4O3/c1-19(2)21-5-3-20(4-6-21)17-27-10-7-25(8-11-27)24-26-9-12-29(24)18-22(32-25)23(30)28-13-15-31-16-14-28/h3-6,9,12,19,22H,7-8,10-11,13-18H2,1-2H3/t22-/m1/s1. The van der Waals surface area contributed by atoms with E-state index in [0.717, 1.165) is 38.3 Å². The number of amides is 1. The largest absolute Gasteiger partial charge is 0.378 e. The predicted molar refractivity (Wildman–Crippen MR) is 121 cm³/mol. The Morgan fingerprint density at radius 3 is 2.53 bits per heavy atom. The molecule has 0 radical (unpaired) electrons. The van der Waals surface area contributed by atoms with Crippen LogP contribution in [-0.4, -0.2) is 70.8 Å². The van der Waals surface area contributed by atoms with Gasteiger partial charge in [-0.25, -0.2) is 4.98 Å². The number of imidazole rings is 1. The number of morpholine rings is 1. The lowest BCUT2D eigenvalue weighted by molar-refractivity contribution is -0.183. The molecule has 7 heteroatoms. The maximum atomic E-state index is 13.2. The summed E-state index contributed by atoms with van der Waals surface area (Å²) in [4.78, 5) is 22.2. The molecule has 32 heavy (non-hydrogen) atoms. The number of aromatic nitrogens is 2. The van der Waals surface area contributed by atoms with Crippen molar-refractivity contribution in [2.75, 3.05) is 39.4 Å². The summed E-state index contributed by atoms with van der Waals surface area (Å²) >= 11 is 0. The molecule has 0 unspecified atom stereocenters. The smallest absolute Gasteiger partial charge is 0.253 e. The van der Waals surface area contributed by atoms with Crippen LogP contribution in [0.4, 0.5) is 0 Å². The van der Waals surface area contributed by atoms with Gasteiger partial charge in [0, 0.05) is 45.1 Å². The van der Waals surface area contributed by atoms with Gasteiger partial charge in [0.2, 0.25) is 0 Å². The van der Waals surface area contributed by atoms with Gasteiger partial charge in [0.1, 0.15) is 11.4 Å². The average molecular weight is 439 g/mol. The molecule has 3 aliphatic rings. The summed E-state index contributed by atoms with van der Waals surface area (Å²) in [6.07, 6.45) is 5.07. The normalized spacial score (nSPS) is 23.5. The summed E-state index contributed by atoms with van der Waals surface area (Å²) < 4.78 is 14.2. The lowest BCUT2D eigenvalue weighted by atomic mass is 9.88. The van der Waals surface area contributed by atoms with Crippen LogP contribution in [0.25, 0.3) is 0 Å². The van der Waals surface area contributed by atoms with E-state index in [-0.39, 0.29) is 5.91 Å². The number of nitrogens with zero attached hydrogens (tertiary/aromatic N) is 4. The fraction of sp³-hybridized carbons (Fsp3) is 0.600. The molecule has 2 fully saturated rings. The number of carbonyl (C=O) groups excluding carboxylic acids is 1. The Hall–Kier alpha value is -2.22. The first kappa shape index (κ1) is 21.6. The number of carbonyl (C=O) groups is 1. The number of ether oxygens (including phenoxy) is 2. The molecule has 2 aromatic rings. The number of rotatable bonds is 4. The van der Waals surface area contributed by atoms with Crippen LogP contribution in [0.15, 0.2) is 36.7 Å². The van der Waals surface area contributed by atoms with Gasteiger partial charge >= 0.3 is 0 Å². The van der Waals surface area contributed by atoms with Crippen molar-refractivity contribution in [2.45, 2.75) is 57.4 Å². The van der Waals surface area contributed by atoms with Crippen molar-refractivity contribution in [1.82, 2.24) is 19.4 Å². The molecule has 0 saturated carbocycles. The maximum Gasteiger partial charge on any atom is 0.253 e. The minimum Gasteiger partial charge on any atom is -0.378 e. The van der Waals surface area contributed by atoms with Crippen LogP contribution in [0.2, 0.25) is 0 Å². The quantitative estimate of drug-likeness (QED) is 0.735. The van der Waals surface area contributed by atoms with E-state index in [2.05, 4.69) is 52.6 Å². The molecule has 1 aromatic carbocycles. The van der Waals surface area contributed by atoms with Crippen molar-refractivity contribution >= 4 is 5.91 Å². The highest BCUT2D eigenvalue weighted by atomic mass is 16.5. The fourth-order valence-electron chi connectivity index (χ4n) is 5.19. The van der Waals surface area contributed by atoms with E-state index in [4.69, 9.17) is 9.47 Å². The van der Waals surface area contributed by atoms with Gasteiger partial charge in [-0.05, 0) is 29.9 Å². The molecule has 3 aliphatic heterocycles. The van der Waals surface area contributed by atoms with Crippen molar-refractivity contribution in [3.05, 3.63) is 53.6 Å². The topological polar surface area (TPSA) is 59.8 Å². The van der Waals surface area contributed by atoms with E-state index in [9.17, 15) is 4.79 Å². The predicted octanol–water partition coefficient (Wildman–Crippen LogP) is 2.76. The number of hydrogen-bond donors (Lipinski definition) is 0. The van der Waals surface area contributed by atoms with E-state index >= 15 is 0 Å². The highest BCUT2D eigenvalue weighted by molar-refractivity contribution is 5.81. The van der Waals surface area contributed by atoms with E-state index in [1.807, 2.05) is 17.3 Å². The van der Waals surface area contributed by atoms with Crippen LogP contribution in [-0.2, 0) is 33.0 Å². The van der Waals surface area contributed by atoms with Crippen molar-refractivity contribution < 1.29 is 14.3 Å². The first-order chi connectivity index (χ1) is 15.5. The molecule has 1 atom stereocenters. The van der Waals surface area contributed by atoms with Crippen molar-refractivity contribution in [2.24, 2.45) is 0 Å². The Labute approximate surface area is 190 Å². The molecule has 1 spiro atoms. The molecule has 2 saturated heterocycles. The van der Waals surface area contributed by atoms with Crippen LogP contribution in [0.5, 0.6) is 0 Å². The lowest BCUT2D eigenvalue weighted by Crippen LogP contribution is -2.55. The molecule has 7 nitrogen and oxygen atoms in total. The van der Waals surface area contributed by atoms with Gasteiger partial charge in [-0.15, -0.1) is 0 Å². The SMILES string of the molecule is CC(C)c1ccc(CN2CCC3(CC2)O[C@@H](C(=O)N2CCOCC2)Cn2ccnc23)cc1. The summed E-state index contributed by atoms with van der Waals surface area (Å²) in [6.45, 7) is 10.3. The summed E-state index contributed by atoms with van der Waals surface area (Å²) in [5.74, 6) is 1.61. The molecule has 0 aliphatic carbocycles. The zero-order valence-electron chi connectivity index (χ0n) is 19.2. The lowest BCUT2D eigenvalue weighted by Gasteiger charge is -2.46. The number of benzene rings is 1. The van der Waals surface area contributed by atoms with Gasteiger partial charge in [0.25, 0.3) is 5.91 Å². The summed E-state index contributed by atoms with van der Waals surface area (Å²) in [5, 5.41) is 0. The number of hydrogen-bond acceptors (Lipinski definition) is 5. The zero-order valence-corrected chi connectivity index (χ0v) is 19.2. The van der Waals surface area contributed by atoms with E-state index in [1.54, 1.807) is 0 Å². The molecule has 5 rings (SSSR count). The Balaban J connectivity index is 1.27. The Kier molecular flexibility index (Phi) is 6.05. The monoisotopic (exact) mass is 438 g/mol. The fourth-order valence-corrected chi connectivity index (χ4v) is 5.19. The van der Waals surface area contributed by atoms with E-state index in [1.165, 1.54) is 11.1 Å². The highest BCUT2D eigenvalue weighted by Crippen LogP contribution is 2.40. The third-order valence-corrected chi connectivity index (χ3v) is 7.17. The third-order valence-electron chi connectivity index (χ3n) is 7.17. The third kappa shape index (κ3) is 4.21. The number of likely N-dealkylation sites (tertiary alicyclic amines) is 1. The second-order valence-corrected chi connectivity index (χ2v) is 9.61. The first-order valence-electron chi connectivity index (χ1n) is 11.9. The van der Waals surface area contributed by atoms with Gasteiger partial charge in [0.15, 0.2) is 6.10 Å². The maximum absolute atomic E-state index is 13.2.